The van der Waals surface area contributed by atoms with E-state index in [2.05, 4.69) is 34.4 Å². The largest absolute Gasteiger partial charge is 0.469 e. The second-order valence-electron chi connectivity index (χ2n) is 6.31. The summed E-state index contributed by atoms with van der Waals surface area (Å²) in [6.07, 6.45) is 5.19. The van der Waals surface area contributed by atoms with E-state index in [1.165, 1.54) is 25.9 Å². The Kier molecular flexibility index (Phi) is 6.77. The fourth-order valence-electron chi connectivity index (χ4n) is 2.95. The fraction of sp³-hybridized carbons (Fsp3) is 0.706. The maximum absolute atomic E-state index is 5.33. The number of guanidine groups is 1. The highest BCUT2D eigenvalue weighted by Crippen LogP contribution is 2.17. The first-order valence-corrected chi connectivity index (χ1v) is 8.40. The van der Waals surface area contributed by atoms with E-state index in [9.17, 15) is 0 Å². The van der Waals surface area contributed by atoms with Crippen molar-refractivity contribution in [2.75, 3.05) is 33.2 Å². The molecule has 124 valence electrons. The van der Waals surface area contributed by atoms with Crippen LogP contribution >= 0.6 is 0 Å². The molecule has 2 N–H and O–H groups in total. The van der Waals surface area contributed by atoms with Crippen LogP contribution in [-0.2, 0) is 6.42 Å². The summed E-state index contributed by atoms with van der Waals surface area (Å²) in [6.45, 7) is 8.81. The molecular weight excluding hydrogens is 276 g/mol. The van der Waals surface area contributed by atoms with Gasteiger partial charge in [0.15, 0.2) is 5.96 Å². The van der Waals surface area contributed by atoms with Gasteiger partial charge in [0.25, 0.3) is 0 Å². The van der Waals surface area contributed by atoms with Crippen LogP contribution in [0.15, 0.2) is 27.8 Å². The Hall–Kier alpha value is -1.49. The van der Waals surface area contributed by atoms with Crippen LogP contribution in [0, 0.1) is 5.92 Å². The van der Waals surface area contributed by atoms with Gasteiger partial charge in [-0.05, 0) is 51.3 Å². The molecule has 5 heteroatoms. The summed E-state index contributed by atoms with van der Waals surface area (Å²) in [4.78, 5) is 6.87. The summed E-state index contributed by atoms with van der Waals surface area (Å²) in [5, 5.41) is 6.81. The molecule has 0 saturated carbocycles. The van der Waals surface area contributed by atoms with Crippen molar-refractivity contribution in [2.45, 2.75) is 39.2 Å². The van der Waals surface area contributed by atoms with Crippen molar-refractivity contribution < 1.29 is 4.42 Å². The highest BCUT2D eigenvalue weighted by Gasteiger charge is 2.21. The number of furan rings is 1. The number of aliphatic imine (C=N–C) groups is 1. The summed E-state index contributed by atoms with van der Waals surface area (Å²) in [5.74, 6) is 2.59. The van der Waals surface area contributed by atoms with Crippen LogP contribution in [0.1, 0.15) is 32.4 Å². The molecule has 0 aromatic carbocycles. The Balaban J connectivity index is 1.67. The lowest BCUT2D eigenvalue weighted by molar-refractivity contribution is 0.141. The molecule has 0 bridgehead atoms. The topological polar surface area (TPSA) is 52.8 Å². The van der Waals surface area contributed by atoms with Crippen LogP contribution < -0.4 is 10.6 Å². The number of hydrogen-bond donors (Lipinski definition) is 2. The number of hydrogen-bond acceptors (Lipinski definition) is 3. The number of likely N-dealkylation sites (tertiary alicyclic amines) is 1. The molecule has 1 aliphatic heterocycles. The molecule has 2 heterocycles. The standard InChI is InChI=1S/C17H30N4O/c1-14(2)21-10-4-6-15(13-21)12-20-17(18-3)19-9-8-16-7-5-11-22-16/h5,7,11,14-15H,4,6,8-10,12-13H2,1-3H3,(H2,18,19,20). The van der Waals surface area contributed by atoms with Crippen LogP contribution in [-0.4, -0.2) is 50.1 Å². The molecule has 1 fully saturated rings. The summed E-state index contributed by atoms with van der Waals surface area (Å²) >= 11 is 0. The van der Waals surface area contributed by atoms with Crippen LogP contribution in [0.2, 0.25) is 0 Å². The van der Waals surface area contributed by atoms with E-state index in [0.717, 1.165) is 31.2 Å². The van der Waals surface area contributed by atoms with E-state index in [1.807, 2.05) is 19.2 Å². The molecule has 1 atom stereocenters. The van der Waals surface area contributed by atoms with Crippen molar-refractivity contribution in [3.8, 4) is 0 Å². The monoisotopic (exact) mass is 306 g/mol. The summed E-state index contributed by atoms with van der Waals surface area (Å²) in [5.41, 5.74) is 0. The highest BCUT2D eigenvalue weighted by molar-refractivity contribution is 5.79. The third-order valence-electron chi connectivity index (χ3n) is 4.31. The molecule has 1 aliphatic rings. The minimum absolute atomic E-state index is 0.647. The Morgan fingerprint density at radius 1 is 1.45 bits per heavy atom. The molecule has 22 heavy (non-hydrogen) atoms. The normalized spacial score (nSPS) is 20.4. The fourth-order valence-corrected chi connectivity index (χ4v) is 2.95. The smallest absolute Gasteiger partial charge is 0.191 e. The van der Waals surface area contributed by atoms with E-state index < -0.39 is 0 Å². The number of rotatable bonds is 6. The maximum atomic E-state index is 5.33. The third-order valence-corrected chi connectivity index (χ3v) is 4.31. The van der Waals surface area contributed by atoms with E-state index in [0.29, 0.717) is 12.0 Å². The van der Waals surface area contributed by atoms with Gasteiger partial charge >= 0.3 is 0 Å². The minimum Gasteiger partial charge on any atom is -0.469 e. The van der Waals surface area contributed by atoms with Crippen LogP contribution in [0.5, 0.6) is 0 Å². The van der Waals surface area contributed by atoms with Gasteiger partial charge < -0.3 is 20.0 Å². The Morgan fingerprint density at radius 3 is 3.00 bits per heavy atom. The van der Waals surface area contributed by atoms with Gasteiger partial charge in [-0.1, -0.05) is 0 Å². The molecule has 5 nitrogen and oxygen atoms in total. The molecule has 0 amide bonds. The van der Waals surface area contributed by atoms with Gasteiger partial charge in [0.05, 0.1) is 6.26 Å². The molecule has 0 aliphatic carbocycles. The second kappa shape index (κ2) is 8.83. The van der Waals surface area contributed by atoms with Crippen molar-refractivity contribution in [3.05, 3.63) is 24.2 Å². The van der Waals surface area contributed by atoms with Gasteiger partial charge in [-0.2, -0.15) is 0 Å². The maximum Gasteiger partial charge on any atom is 0.191 e. The molecule has 1 saturated heterocycles. The Morgan fingerprint density at radius 2 is 2.32 bits per heavy atom. The van der Waals surface area contributed by atoms with Crippen molar-refractivity contribution in [2.24, 2.45) is 10.9 Å². The third kappa shape index (κ3) is 5.37. The van der Waals surface area contributed by atoms with Gasteiger partial charge in [-0.25, -0.2) is 0 Å². The lowest BCUT2D eigenvalue weighted by atomic mass is 9.97. The Labute approximate surface area is 134 Å². The molecule has 0 radical (unpaired) electrons. The predicted molar refractivity (Wildman–Crippen MR) is 91.2 cm³/mol. The van der Waals surface area contributed by atoms with E-state index in [-0.39, 0.29) is 0 Å². The first kappa shape index (κ1) is 16.9. The average molecular weight is 306 g/mol. The average Bonchev–Trinajstić information content (AvgIpc) is 3.04. The van der Waals surface area contributed by atoms with E-state index >= 15 is 0 Å². The first-order chi connectivity index (χ1) is 10.7. The van der Waals surface area contributed by atoms with Gasteiger partial charge in [0.2, 0.25) is 0 Å². The van der Waals surface area contributed by atoms with E-state index in [1.54, 1.807) is 6.26 Å². The Bertz CT molecular complexity index is 442. The van der Waals surface area contributed by atoms with Gasteiger partial charge in [-0.15, -0.1) is 0 Å². The van der Waals surface area contributed by atoms with E-state index in [4.69, 9.17) is 4.42 Å². The van der Waals surface area contributed by atoms with Gasteiger partial charge in [-0.3, -0.25) is 4.99 Å². The summed E-state index contributed by atoms with van der Waals surface area (Å²) in [7, 11) is 1.82. The van der Waals surface area contributed by atoms with Crippen molar-refractivity contribution in [1.29, 1.82) is 0 Å². The lowest BCUT2D eigenvalue weighted by Crippen LogP contribution is -2.46. The van der Waals surface area contributed by atoms with Crippen molar-refractivity contribution in [3.63, 3.8) is 0 Å². The first-order valence-electron chi connectivity index (χ1n) is 8.40. The van der Waals surface area contributed by atoms with Crippen molar-refractivity contribution >= 4 is 5.96 Å². The number of nitrogens with zero attached hydrogens (tertiary/aromatic N) is 2. The summed E-state index contributed by atoms with van der Waals surface area (Å²) in [6, 6.07) is 4.57. The molecule has 2 rings (SSSR count). The van der Waals surface area contributed by atoms with Gasteiger partial charge in [0.1, 0.15) is 5.76 Å². The molecule has 1 unspecified atom stereocenters. The molecule has 1 aromatic rings. The zero-order valence-electron chi connectivity index (χ0n) is 14.1. The molecule has 1 aromatic heterocycles. The predicted octanol–water partition coefficient (Wildman–Crippen LogP) is 2.11. The number of piperidine rings is 1. The quantitative estimate of drug-likeness (QED) is 0.624. The zero-order chi connectivity index (χ0) is 15.8. The van der Waals surface area contributed by atoms with Crippen LogP contribution in [0.4, 0.5) is 0 Å². The lowest BCUT2D eigenvalue weighted by Gasteiger charge is -2.35. The van der Waals surface area contributed by atoms with Gasteiger partial charge in [0, 0.05) is 39.1 Å². The molecular formula is C17H30N4O. The second-order valence-corrected chi connectivity index (χ2v) is 6.31. The van der Waals surface area contributed by atoms with Crippen LogP contribution in [0.25, 0.3) is 0 Å². The van der Waals surface area contributed by atoms with Crippen LogP contribution in [0.3, 0.4) is 0 Å². The number of nitrogens with one attached hydrogen (secondary N) is 2. The van der Waals surface area contributed by atoms with Crippen molar-refractivity contribution in [1.82, 2.24) is 15.5 Å². The SMILES string of the molecule is CN=C(NCCc1ccco1)NCC1CCCN(C(C)C)C1. The zero-order valence-corrected chi connectivity index (χ0v) is 14.1. The molecule has 0 spiro atoms. The summed E-state index contributed by atoms with van der Waals surface area (Å²) < 4.78 is 5.33. The highest BCUT2D eigenvalue weighted by atomic mass is 16.3. The minimum atomic E-state index is 0.647.